The number of rotatable bonds is 5. The van der Waals surface area contributed by atoms with Gasteiger partial charge < -0.3 is 14.6 Å². The summed E-state index contributed by atoms with van der Waals surface area (Å²) in [5.41, 5.74) is 4.86. The minimum Gasteiger partial charge on any atom is -0.452 e. The van der Waals surface area contributed by atoms with E-state index in [0.717, 1.165) is 22.6 Å². The van der Waals surface area contributed by atoms with Crippen molar-refractivity contribution in [3.05, 3.63) is 82.1 Å². The predicted octanol–water partition coefficient (Wildman–Crippen LogP) is 4.85. The molecule has 1 heterocycles. The third-order valence-corrected chi connectivity index (χ3v) is 4.81. The van der Waals surface area contributed by atoms with Crippen molar-refractivity contribution in [3.8, 4) is 5.69 Å². The van der Waals surface area contributed by atoms with Crippen LogP contribution in [-0.2, 0) is 9.53 Å². The lowest BCUT2D eigenvalue weighted by molar-refractivity contribution is -0.119. The molecule has 0 spiro atoms. The van der Waals surface area contributed by atoms with Crippen molar-refractivity contribution < 1.29 is 14.3 Å². The Labute approximate surface area is 168 Å². The van der Waals surface area contributed by atoms with Crippen molar-refractivity contribution >= 4 is 29.2 Å². The van der Waals surface area contributed by atoms with Gasteiger partial charge in [-0.2, -0.15) is 0 Å². The van der Waals surface area contributed by atoms with Gasteiger partial charge in [-0.3, -0.25) is 4.79 Å². The van der Waals surface area contributed by atoms with Gasteiger partial charge in [-0.05, 0) is 68.8 Å². The maximum atomic E-state index is 12.4. The van der Waals surface area contributed by atoms with E-state index in [9.17, 15) is 9.59 Å². The van der Waals surface area contributed by atoms with E-state index in [1.165, 1.54) is 0 Å². The van der Waals surface area contributed by atoms with Crippen molar-refractivity contribution in [3.63, 3.8) is 0 Å². The average Bonchev–Trinajstić information content (AvgIpc) is 3.01. The second kappa shape index (κ2) is 8.31. The van der Waals surface area contributed by atoms with E-state index < -0.39 is 11.9 Å². The van der Waals surface area contributed by atoms with Gasteiger partial charge in [0.15, 0.2) is 6.61 Å². The van der Waals surface area contributed by atoms with Crippen LogP contribution in [0.1, 0.15) is 27.3 Å². The maximum Gasteiger partial charge on any atom is 0.338 e. The molecule has 5 nitrogen and oxygen atoms in total. The molecule has 3 aromatic rings. The first kappa shape index (κ1) is 19.7. The Hall–Kier alpha value is -3.05. The van der Waals surface area contributed by atoms with Crippen LogP contribution in [0.2, 0.25) is 5.02 Å². The van der Waals surface area contributed by atoms with Gasteiger partial charge >= 0.3 is 5.97 Å². The highest BCUT2D eigenvalue weighted by Gasteiger charge is 2.13. The molecule has 1 aromatic heterocycles. The van der Waals surface area contributed by atoms with Crippen LogP contribution in [0, 0.1) is 20.8 Å². The van der Waals surface area contributed by atoms with Crippen molar-refractivity contribution in [1.29, 1.82) is 0 Å². The maximum absolute atomic E-state index is 12.4. The molecule has 0 bridgehead atoms. The van der Waals surface area contributed by atoms with E-state index in [1.807, 2.05) is 43.5 Å². The number of aromatic nitrogens is 1. The summed E-state index contributed by atoms with van der Waals surface area (Å²) in [5.74, 6) is -0.983. The molecule has 0 fully saturated rings. The molecule has 6 heteroatoms. The molecule has 1 amide bonds. The number of esters is 1. The van der Waals surface area contributed by atoms with E-state index in [4.69, 9.17) is 16.3 Å². The Morgan fingerprint density at radius 1 is 1.00 bits per heavy atom. The van der Waals surface area contributed by atoms with Crippen LogP contribution in [0.5, 0.6) is 0 Å². The minimum atomic E-state index is -0.554. The molecule has 0 aliphatic rings. The summed E-state index contributed by atoms with van der Waals surface area (Å²) in [6, 6.07) is 16.4. The monoisotopic (exact) mass is 396 g/mol. The van der Waals surface area contributed by atoms with Crippen LogP contribution in [0.4, 0.5) is 5.69 Å². The number of nitrogens with one attached hydrogen (secondary N) is 1. The lowest BCUT2D eigenvalue weighted by atomic mass is 10.2. The molecule has 0 saturated heterocycles. The summed E-state index contributed by atoms with van der Waals surface area (Å²) < 4.78 is 7.20. The second-order valence-corrected chi connectivity index (χ2v) is 7.00. The molecule has 2 aromatic carbocycles. The largest absolute Gasteiger partial charge is 0.452 e. The number of nitrogens with zero attached hydrogens (tertiary/aromatic N) is 1. The fourth-order valence-corrected chi connectivity index (χ4v) is 3.11. The average molecular weight is 397 g/mol. The molecule has 0 aliphatic heterocycles. The molecule has 28 heavy (non-hydrogen) atoms. The molecule has 144 valence electrons. The molecule has 0 aliphatic carbocycles. The molecule has 0 unspecified atom stereocenters. The summed E-state index contributed by atoms with van der Waals surface area (Å²) in [4.78, 5) is 24.4. The number of carbonyl (C=O) groups excluding carboxylic acids is 2. The molecular weight excluding hydrogens is 376 g/mol. The van der Waals surface area contributed by atoms with Crippen molar-refractivity contribution in [2.75, 3.05) is 11.9 Å². The molecular formula is C22H21ClN2O3. The minimum absolute atomic E-state index is 0.379. The fraction of sp³-hybridized carbons (Fsp3) is 0.182. The second-order valence-electron chi connectivity index (χ2n) is 6.59. The smallest absolute Gasteiger partial charge is 0.338 e. The van der Waals surface area contributed by atoms with Crippen LogP contribution >= 0.6 is 11.6 Å². The summed E-state index contributed by atoms with van der Waals surface area (Å²) in [6.07, 6.45) is 0. The Kier molecular flexibility index (Phi) is 5.85. The van der Waals surface area contributed by atoms with Gasteiger partial charge in [0, 0.05) is 27.8 Å². The van der Waals surface area contributed by atoms with E-state index in [-0.39, 0.29) is 6.61 Å². The van der Waals surface area contributed by atoms with E-state index >= 15 is 0 Å². The van der Waals surface area contributed by atoms with Gasteiger partial charge in [-0.25, -0.2) is 4.79 Å². The molecule has 3 rings (SSSR count). The Morgan fingerprint density at radius 2 is 1.71 bits per heavy atom. The van der Waals surface area contributed by atoms with Gasteiger partial charge in [0.1, 0.15) is 0 Å². The predicted molar refractivity (Wildman–Crippen MR) is 110 cm³/mol. The first-order valence-corrected chi connectivity index (χ1v) is 9.21. The first-order chi connectivity index (χ1) is 13.3. The van der Waals surface area contributed by atoms with Crippen LogP contribution in [0.25, 0.3) is 5.69 Å². The van der Waals surface area contributed by atoms with E-state index in [2.05, 4.69) is 5.32 Å². The highest BCUT2D eigenvalue weighted by Crippen LogP contribution is 2.20. The zero-order valence-corrected chi connectivity index (χ0v) is 16.7. The zero-order valence-electron chi connectivity index (χ0n) is 16.0. The van der Waals surface area contributed by atoms with Crippen molar-refractivity contribution in [2.45, 2.75) is 20.8 Å². The highest BCUT2D eigenvalue weighted by molar-refractivity contribution is 6.31. The third-order valence-electron chi connectivity index (χ3n) is 4.40. The van der Waals surface area contributed by atoms with Crippen LogP contribution < -0.4 is 5.32 Å². The molecule has 0 radical (unpaired) electrons. The summed E-state index contributed by atoms with van der Waals surface area (Å²) in [5, 5.41) is 3.22. The van der Waals surface area contributed by atoms with Crippen LogP contribution in [0.15, 0.2) is 54.6 Å². The van der Waals surface area contributed by atoms with E-state index in [1.54, 1.807) is 36.4 Å². The number of ether oxygens (including phenoxy) is 1. The quantitative estimate of drug-likeness (QED) is 0.627. The lowest BCUT2D eigenvalue weighted by Gasteiger charge is -2.11. The number of anilines is 1. The zero-order chi connectivity index (χ0) is 20.3. The number of benzene rings is 2. The van der Waals surface area contributed by atoms with Gasteiger partial charge in [-0.1, -0.05) is 23.7 Å². The van der Waals surface area contributed by atoms with Gasteiger partial charge in [0.2, 0.25) is 0 Å². The van der Waals surface area contributed by atoms with Crippen molar-refractivity contribution in [2.24, 2.45) is 0 Å². The van der Waals surface area contributed by atoms with Gasteiger partial charge in [0.25, 0.3) is 5.91 Å². The number of hydrogen-bond donors (Lipinski definition) is 1. The van der Waals surface area contributed by atoms with Crippen LogP contribution in [0.3, 0.4) is 0 Å². The standard InChI is InChI=1S/C22H21ClN2O3/c1-14-7-10-18(12-20(14)23)24-21(26)13-28-22(27)17-5-4-6-19(11-17)25-15(2)8-9-16(25)3/h4-12H,13H2,1-3H3,(H,24,26). The Balaban J connectivity index is 1.64. The number of aryl methyl sites for hydroxylation is 3. The number of halogens is 1. The fourth-order valence-electron chi connectivity index (χ4n) is 2.93. The lowest BCUT2D eigenvalue weighted by Crippen LogP contribution is -2.21. The molecule has 0 atom stereocenters. The summed E-state index contributed by atoms with van der Waals surface area (Å²) >= 11 is 6.05. The molecule has 0 saturated carbocycles. The number of carbonyl (C=O) groups is 2. The molecule has 1 N–H and O–H groups in total. The normalized spacial score (nSPS) is 10.6. The Bertz CT molecular complexity index is 1020. The summed E-state index contributed by atoms with van der Waals surface area (Å²) in [6.45, 7) is 5.50. The topological polar surface area (TPSA) is 60.3 Å². The van der Waals surface area contributed by atoms with Crippen LogP contribution in [-0.4, -0.2) is 23.1 Å². The number of hydrogen-bond acceptors (Lipinski definition) is 3. The third kappa shape index (κ3) is 4.43. The van der Waals surface area contributed by atoms with Gasteiger partial charge in [-0.15, -0.1) is 0 Å². The van der Waals surface area contributed by atoms with Gasteiger partial charge in [0.05, 0.1) is 5.56 Å². The van der Waals surface area contributed by atoms with Crippen molar-refractivity contribution in [1.82, 2.24) is 4.57 Å². The van der Waals surface area contributed by atoms with E-state index in [0.29, 0.717) is 16.3 Å². The number of amides is 1. The Morgan fingerprint density at radius 3 is 2.39 bits per heavy atom. The highest BCUT2D eigenvalue weighted by atomic mass is 35.5. The summed E-state index contributed by atoms with van der Waals surface area (Å²) in [7, 11) is 0. The first-order valence-electron chi connectivity index (χ1n) is 8.83. The SMILES string of the molecule is Cc1ccc(NC(=O)COC(=O)c2cccc(-n3c(C)ccc3C)c2)cc1Cl.